The maximum Gasteiger partial charge on any atom is 0.343 e. The van der Waals surface area contributed by atoms with E-state index in [0.717, 1.165) is 63.4 Å². The second-order valence-electron chi connectivity index (χ2n) is 9.96. The van der Waals surface area contributed by atoms with Crippen LogP contribution in [0.4, 0.5) is 0 Å². The molecule has 0 fully saturated rings. The molecule has 3 N–H and O–H groups in total. The topological polar surface area (TPSA) is 87.0 Å². The molecule has 0 aliphatic carbocycles. The summed E-state index contributed by atoms with van der Waals surface area (Å²) in [5, 5.41) is 31.4. The fourth-order valence-corrected chi connectivity index (χ4v) is 4.74. The highest BCUT2D eigenvalue weighted by Gasteiger charge is 2.28. The predicted octanol–water partition coefficient (Wildman–Crippen LogP) is 8.95. The average molecular weight is 493 g/mol. The first-order valence-corrected chi connectivity index (χ1v) is 14.4. The molecule has 0 amide bonds. The smallest absolute Gasteiger partial charge is 0.343 e. The Bertz CT molecular complexity index is 713. The van der Waals surface area contributed by atoms with Crippen LogP contribution >= 0.6 is 0 Å². The maximum absolute atomic E-state index is 12.1. The summed E-state index contributed by atoms with van der Waals surface area (Å²) in [6.07, 6.45) is 20.2. The van der Waals surface area contributed by atoms with Gasteiger partial charge in [0.2, 0.25) is 0 Å². The summed E-state index contributed by atoms with van der Waals surface area (Å²) < 4.78 is 6.09. The van der Waals surface area contributed by atoms with Crippen molar-refractivity contribution in [3.05, 3.63) is 16.7 Å². The molecule has 5 heteroatoms. The van der Waals surface area contributed by atoms with E-state index in [1.165, 1.54) is 51.4 Å². The minimum Gasteiger partial charge on any atom is -0.504 e. The minimum absolute atomic E-state index is 0.271. The number of carboxylic acids is 1. The lowest BCUT2D eigenvalue weighted by molar-refractivity contribution is 0.0687. The van der Waals surface area contributed by atoms with Gasteiger partial charge in [-0.15, -0.1) is 0 Å². The van der Waals surface area contributed by atoms with E-state index in [2.05, 4.69) is 20.8 Å². The van der Waals surface area contributed by atoms with Crippen molar-refractivity contribution in [2.75, 3.05) is 6.61 Å². The second-order valence-corrected chi connectivity index (χ2v) is 9.96. The van der Waals surface area contributed by atoms with Crippen LogP contribution in [0.2, 0.25) is 0 Å². The van der Waals surface area contributed by atoms with Crippen molar-refractivity contribution in [2.24, 2.45) is 0 Å². The Morgan fingerprint density at radius 3 is 1.51 bits per heavy atom. The summed E-state index contributed by atoms with van der Waals surface area (Å²) >= 11 is 0. The van der Waals surface area contributed by atoms with Crippen LogP contribution in [0.3, 0.4) is 0 Å². The molecule has 0 unspecified atom stereocenters. The fraction of sp³-hybridized carbons (Fsp3) is 0.767. The van der Waals surface area contributed by atoms with E-state index in [-0.39, 0.29) is 17.1 Å². The molecule has 0 radical (unpaired) electrons. The van der Waals surface area contributed by atoms with E-state index in [1.807, 2.05) is 0 Å². The van der Waals surface area contributed by atoms with Crippen LogP contribution < -0.4 is 4.74 Å². The Labute approximate surface area is 214 Å². The monoisotopic (exact) mass is 492 g/mol. The number of hydrogen-bond donors (Lipinski definition) is 3. The van der Waals surface area contributed by atoms with Crippen LogP contribution in [0.15, 0.2) is 0 Å². The molecule has 202 valence electrons. The summed E-state index contributed by atoms with van der Waals surface area (Å²) in [7, 11) is 0. The highest BCUT2D eigenvalue weighted by atomic mass is 16.5. The molecule has 0 saturated carbocycles. The van der Waals surface area contributed by atoms with Gasteiger partial charge in [0.1, 0.15) is 11.3 Å². The van der Waals surface area contributed by atoms with E-state index in [1.54, 1.807) is 0 Å². The van der Waals surface area contributed by atoms with Crippen molar-refractivity contribution in [2.45, 2.75) is 143 Å². The Kier molecular flexibility index (Phi) is 17.2. The van der Waals surface area contributed by atoms with Crippen molar-refractivity contribution >= 4 is 5.97 Å². The van der Waals surface area contributed by atoms with Crippen molar-refractivity contribution in [1.29, 1.82) is 0 Å². The van der Waals surface area contributed by atoms with Gasteiger partial charge in [-0.2, -0.15) is 0 Å². The molecular formula is C30H52O5. The van der Waals surface area contributed by atoms with Crippen LogP contribution in [0.25, 0.3) is 0 Å². The lowest BCUT2D eigenvalue weighted by Crippen LogP contribution is -2.11. The van der Waals surface area contributed by atoms with Crippen molar-refractivity contribution in [3.63, 3.8) is 0 Å². The number of ether oxygens (including phenoxy) is 1. The van der Waals surface area contributed by atoms with Gasteiger partial charge >= 0.3 is 5.97 Å². The third-order valence-electron chi connectivity index (χ3n) is 6.88. The highest BCUT2D eigenvalue weighted by molar-refractivity contribution is 5.96. The molecule has 0 saturated heterocycles. The summed E-state index contributed by atoms with van der Waals surface area (Å²) in [5.41, 5.74) is 1.18. The molecular weight excluding hydrogens is 440 g/mol. The summed E-state index contributed by atoms with van der Waals surface area (Å²) in [6, 6.07) is 0. The number of unbranched alkanes of at least 4 members (excludes halogenated alkanes) is 14. The molecule has 1 aromatic rings. The Morgan fingerprint density at radius 1 is 0.600 bits per heavy atom. The largest absolute Gasteiger partial charge is 0.504 e. The number of phenols is 2. The zero-order valence-corrected chi connectivity index (χ0v) is 22.8. The molecule has 0 atom stereocenters. The highest BCUT2D eigenvalue weighted by Crippen LogP contribution is 2.44. The van der Waals surface area contributed by atoms with E-state index in [0.29, 0.717) is 25.0 Å². The van der Waals surface area contributed by atoms with Crippen LogP contribution in [0.1, 0.15) is 151 Å². The van der Waals surface area contributed by atoms with Crippen molar-refractivity contribution in [1.82, 2.24) is 0 Å². The molecule has 0 aromatic heterocycles. The van der Waals surface area contributed by atoms with E-state index >= 15 is 0 Å². The average Bonchev–Trinajstić information content (AvgIpc) is 2.84. The fourth-order valence-electron chi connectivity index (χ4n) is 4.74. The number of benzene rings is 1. The van der Waals surface area contributed by atoms with E-state index in [4.69, 9.17) is 4.74 Å². The standard InChI is InChI=1S/C30H52O5/c1-4-7-10-13-15-18-21-24-25(22-19-16-14-11-8-5-2)29(35-23-20-17-12-9-6-3)26(30(33)34)28(32)27(24)31/h31-32H,4-23H2,1-3H3,(H,33,34). The quantitative estimate of drug-likeness (QED) is 0.111. The van der Waals surface area contributed by atoms with Gasteiger partial charge in [0, 0.05) is 11.1 Å². The van der Waals surface area contributed by atoms with Gasteiger partial charge in [-0.25, -0.2) is 4.79 Å². The number of phenolic OH excluding ortho intramolecular Hbond substituents is 1. The summed E-state index contributed by atoms with van der Waals surface area (Å²) in [6.45, 7) is 7.00. The molecule has 5 nitrogen and oxygen atoms in total. The molecule has 0 aliphatic heterocycles. The molecule has 1 aromatic carbocycles. The third-order valence-corrected chi connectivity index (χ3v) is 6.88. The van der Waals surface area contributed by atoms with Gasteiger partial charge in [-0.3, -0.25) is 0 Å². The number of aromatic hydroxyl groups is 2. The van der Waals surface area contributed by atoms with Gasteiger partial charge in [-0.1, -0.05) is 111 Å². The molecule has 1 rings (SSSR count). The lowest BCUT2D eigenvalue weighted by Gasteiger charge is -2.21. The molecule has 0 spiro atoms. The summed E-state index contributed by atoms with van der Waals surface area (Å²) in [4.78, 5) is 12.1. The maximum atomic E-state index is 12.1. The molecule has 0 heterocycles. The Morgan fingerprint density at radius 2 is 1.03 bits per heavy atom. The number of carbonyl (C=O) groups is 1. The van der Waals surface area contributed by atoms with Gasteiger partial charge in [0.15, 0.2) is 11.5 Å². The van der Waals surface area contributed by atoms with Gasteiger partial charge in [0.25, 0.3) is 0 Å². The van der Waals surface area contributed by atoms with Crippen LogP contribution in [0, 0.1) is 0 Å². The van der Waals surface area contributed by atoms with Crippen molar-refractivity contribution < 1.29 is 24.9 Å². The Balaban J connectivity index is 3.10. The van der Waals surface area contributed by atoms with Crippen molar-refractivity contribution in [3.8, 4) is 17.2 Å². The van der Waals surface area contributed by atoms with Crippen LogP contribution in [-0.2, 0) is 12.8 Å². The number of hydrogen-bond acceptors (Lipinski definition) is 4. The third kappa shape index (κ3) is 11.6. The van der Waals surface area contributed by atoms with Gasteiger partial charge in [-0.05, 0) is 32.1 Å². The first-order chi connectivity index (χ1) is 17.0. The van der Waals surface area contributed by atoms with Crippen LogP contribution in [-0.4, -0.2) is 27.9 Å². The number of aromatic carboxylic acids is 1. The van der Waals surface area contributed by atoms with E-state index in [9.17, 15) is 20.1 Å². The second kappa shape index (κ2) is 19.3. The molecule has 0 aliphatic rings. The zero-order valence-electron chi connectivity index (χ0n) is 22.8. The Hall–Kier alpha value is -1.91. The van der Waals surface area contributed by atoms with E-state index < -0.39 is 11.7 Å². The predicted molar refractivity (Wildman–Crippen MR) is 145 cm³/mol. The SMILES string of the molecule is CCCCCCCCc1c(O)c(O)c(C(=O)O)c(OCCCCCCC)c1CCCCCCCC. The minimum atomic E-state index is -1.26. The van der Waals surface area contributed by atoms with Gasteiger partial charge in [0.05, 0.1) is 6.61 Å². The molecule has 35 heavy (non-hydrogen) atoms. The van der Waals surface area contributed by atoms with Gasteiger partial charge < -0.3 is 20.1 Å². The summed E-state index contributed by atoms with van der Waals surface area (Å²) in [5.74, 6) is -1.80. The number of rotatable bonds is 22. The van der Waals surface area contributed by atoms with Crippen LogP contribution in [0.5, 0.6) is 17.2 Å². The zero-order chi connectivity index (χ0) is 25.9. The first-order valence-electron chi connectivity index (χ1n) is 14.4. The first kappa shape index (κ1) is 31.1. The molecule has 0 bridgehead atoms. The normalized spacial score (nSPS) is 11.2. The lowest BCUT2D eigenvalue weighted by atomic mass is 9.91. The number of carboxylic acid groups (broad SMARTS) is 1.